The summed E-state index contributed by atoms with van der Waals surface area (Å²) >= 11 is 6.01. The van der Waals surface area contributed by atoms with Crippen molar-refractivity contribution < 1.29 is 23.1 Å². The van der Waals surface area contributed by atoms with Crippen LogP contribution in [0.15, 0.2) is 71.3 Å². The van der Waals surface area contributed by atoms with E-state index in [1.54, 1.807) is 48.2 Å². The number of amides is 1. The summed E-state index contributed by atoms with van der Waals surface area (Å²) in [7, 11) is 1.63. The first kappa shape index (κ1) is 22.9. The SMILES string of the molecule is COc1ccc(CCOc2nc(-c3ccco3)n(-c3cccc(NC(=O)[C@@]4(Cl)C[C@@H]4F)c3)n2)cc1. The molecular weight excluding hydrogens is 475 g/mol. The van der Waals surface area contributed by atoms with Gasteiger partial charge in [-0.1, -0.05) is 18.2 Å². The van der Waals surface area contributed by atoms with Crippen LogP contribution in [0.1, 0.15) is 12.0 Å². The first-order valence-corrected chi connectivity index (χ1v) is 11.4. The van der Waals surface area contributed by atoms with Crippen LogP contribution in [0.2, 0.25) is 0 Å². The molecule has 1 saturated carbocycles. The van der Waals surface area contributed by atoms with Crippen molar-refractivity contribution in [2.75, 3.05) is 19.0 Å². The van der Waals surface area contributed by atoms with Crippen LogP contribution in [-0.4, -0.2) is 45.4 Å². The van der Waals surface area contributed by atoms with Gasteiger partial charge < -0.3 is 19.2 Å². The Labute approximate surface area is 205 Å². The highest BCUT2D eigenvalue weighted by atomic mass is 35.5. The molecule has 0 radical (unpaired) electrons. The molecule has 2 atom stereocenters. The monoisotopic (exact) mass is 496 g/mol. The average Bonchev–Trinajstić information content (AvgIpc) is 3.25. The zero-order chi connectivity index (χ0) is 24.4. The lowest BCUT2D eigenvalue weighted by atomic mass is 10.1. The molecule has 2 heterocycles. The minimum Gasteiger partial charge on any atom is -0.497 e. The van der Waals surface area contributed by atoms with Gasteiger partial charge in [0, 0.05) is 18.5 Å². The maximum atomic E-state index is 13.5. The van der Waals surface area contributed by atoms with Gasteiger partial charge in [0.2, 0.25) is 11.7 Å². The van der Waals surface area contributed by atoms with Gasteiger partial charge in [0.05, 0.1) is 25.7 Å². The zero-order valence-corrected chi connectivity index (χ0v) is 19.5. The third kappa shape index (κ3) is 4.85. The summed E-state index contributed by atoms with van der Waals surface area (Å²) in [5, 5.41) is 7.16. The number of nitrogens with zero attached hydrogens (tertiary/aromatic N) is 3. The Hall–Kier alpha value is -3.85. The van der Waals surface area contributed by atoms with Gasteiger partial charge in [-0.25, -0.2) is 9.07 Å². The standard InChI is InChI=1S/C25H22ClFN4O4/c1-33-19-9-7-16(8-10-19)11-13-35-24-29-22(20-6-3-12-34-20)31(30-24)18-5-2-4-17(14-18)28-23(32)25(26)15-21(25)27/h2-10,12,14,21H,11,13,15H2,1H3,(H,28,32)/t21-,25+/m0/s1. The number of carbonyl (C=O) groups excluding carboxylic acids is 1. The lowest BCUT2D eigenvalue weighted by Gasteiger charge is -2.10. The van der Waals surface area contributed by atoms with E-state index in [1.165, 1.54) is 6.26 Å². The van der Waals surface area contributed by atoms with Crippen LogP contribution >= 0.6 is 11.6 Å². The van der Waals surface area contributed by atoms with Crippen LogP contribution in [0.25, 0.3) is 17.3 Å². The summed E-state index contributed by atoms with van der Waals surface area (Å²) in [6.45, 7) is 0.367. The Balaban J connectivity index is 1.35. The van der Waals surface area contributed by atoms with Crippen LogP contribution in [0.5, 0.6) is 11.8 Å². The summed E-state index contributed by atoms with van der Waals surface area (Å²) in [6, 6.07) is 18.3. The van der Waals surface area contributed by atoms with E-state index in [0.717, 1.165) is 11.3 Å². The molecule has 8 nitrogen and oxygen atoms in total. The largest absolute Gasteiger partial charge is 0.497 e. The number of hydrogen-bond donors (Lipinski definition) is 1. The van der Waals surface area contributed by atoms with Crippen molar-refractivity contribution in [3.05, 3.63) is 72.5 Å². The normalized spacial score (nSPS) is 18.8. The minimum atomic E-state index is -1.49. The zero-order valence-electron chi connectivity index (χ0n) is 18.8. The molecular formula is C25H22ClFN4O4. The maximum Gasteiger partial charge on any atom is 0.336 e. The molecule has 5 rings (SSSR count). The molecule has 35 heavy (non-hydrogen) atoms. The third-order valence-electron chi connectivity index (χ3n) is 5.65. The molecule has 180 valence electrons. The van der Waals surface area contributed by atoms with Crippen LogP contribution in [0, 0.1) is 0 Å². The number of nitrogens with one attached hydrogen (secondary N) is 1. The van der Waals surface area contributed by atoms with Crippen molar-refractivity contribution in [1.82, 2.24) is 14.8 Å². The van der Waals surface area contributed by atoms with Crippen molar-refractivity contribution in [3.8, 4) is 29.0 Å². The maximum absolute atomic E-state index is 13.5. The van der Waals surface area contributed by atoms with Gasteiger partial charge in [-0.15, -0.1) is 16.7 Å². The Bertz CT molecular complexity index is 1330. The number of carbonyl (C=O) groups is 1. The Morgan fingerprint density at radius 3 is 2.74 bits per heavy atom. The van der Waals surface area contributed by atoms with Gasteiger partial charge in [-0.05, 0) is 48.0 Å². The summed E-state index contributed by atoms with van der Waals surface area (Å²) < 4.78 is 31.6. The third-order valence-corrected chi connectivity index (χ3v) is 6.21. The number of halogens is 2. The number of alkyl halides is 2. The fourth-order valence-electron chi connectivity index (χ4n) is 3.54. The first-order valence-electron chi connectivity index (χ1n) is 11.0. The van der Waals surface area contributed by atoms with Crippen molar-refractivity contribution in [3.63, 3.8) is 0 Å². The molecule has 1 N–H and O–H groups in total. The molecule has 1 aliphatic rings. The van der Waals surface area contributed by atoms with Crippen molar-refractivity contribution in [1.29, 1.82) is 0 Å². The van der Waals surface area contributed by atoms with Gasteiger partial charge in [0.25, 0.3) is 0 Å². The summed E-state index contributed by atoms with van der Waals surface area (Å²) in [4.78, 5) is 15.3. The number of aromatic nitrogens is 3. The predicted molar refractivity (Wildman–Crippen MR) is 128 cm³/mol. The van der Waals surface area contributed by atoms with E-state index >= 15 is 0 Å². The second kappa shape index (κ2) is 9.42. The fraction of sp³-hybridized carbons (Fsp3) is 0.240. The molecule has 0 bridgehead atoms. The van der Waals surface area contributed by atoms with Gasteiger partial charge in [0.15, 0.2) is 10.6 Å². The van der Waals surface area contributed by atoms with Gasteiger partial charge in [0.1, 0.15) is 11.9 Å². The van der Waals surface area contributed by atoms with Crippen LogP contribution in [-0.2, 0) is 11.2 Å². The molecule has 0 spiro atoms. The molecule has 1 amide bonds. The Kier molecular flexibility index (Phi) is 6.17. The Morgan fingerprint density at radius 1 is 1.26 bits per heavy atom. The van der Waals surface area contributed by atoms with Crippen LogP contribution in [0.4, 0.5) is 10.1 Å². The van der Waals surface area contributed by atoms with E-state index in [0.29, 0.717) is 36.0 Å². The van der Waals surface area contributed by atoms with E-state index in [-0.39, 0.29) is 12.4 Å². The molecule has 2 aromatic heterocycles. The molecule has 10 heteroatoms. The number of ether oxygens (including phenoxy) is 2. The molecule has 2 aromatic carbocycles. The van der Waals surface area contributed by atoms with Gasteiger partial charge in [-0.2, -0.15) is 4.98 Å². The molecule has 1 aliphatic carbocycles. The second-order valence-corrected chi connectivity index (χ2v) is 8.77. The molecule has 0 saturated heterocycles. The number of hydrogen-bond acceptors (Lipinski definition) is 6. The van der Waals surface area contributed by atoms with Gasteiger partial charge in [-0.3, -0.25) is 4.79 Å². The smallest absolute Gasteiger partial charge is 0.336 e. The van der Waals surface area contributed by atoms with Crippen LogP contribution < -0.4 is 14.8 Å². The van der Waals surface area contributed by atoms with Crippen molar-refractivity contribution in [2.45, 2.75) is 23.9 Å². The van der Waals surface area contributed by atoms with E-state index in [4.69, 9.17) is 25.5 Å². The van der Waals surface area contributed by atoms with E-state index in [1.807, 2.05) is 24.3 Å². The summed E-state index contributed by atoms with van der Waals surface area (Å²) in [6.07, 6.45) is 0.860. The molecule has 1 fully saturated rings. The van der Waals surface area contributed by atoms with Crippen molar-refractivity contribution >= 4 is 23.2 Å². The first-order chi connectivity index (χ1) is 17.0. The average molecular weight is 497 g/mol. The summed E-state index contributed by atoms with van der Waals surface area (Å²) in [5.74, 6) is 1.14. The lowest BCUT2D eigenvalue weighted by molar-refractivity contribution is -0.116. The number of benzene rings is 2. The lowest BCUT2D eigenvalue weighted by Crippen LogP contribution is -2.27. The quantitative estimate of drug-likeness (QED) is 0.334. The second-order valence-electron chi connectivity index (χ2n) is 8.09. The number of furan rings is 1. The molecule has 0 aliphatic heterocycles. The van der Waals surface area contributed by atoms with E-state index in [9.17, 15) is 9.18 Å². The number of rotatable bonds is 9. The van der Waals surface area contributed by atoms with Crippen molar-refractivity contribution in [2.24, 2.45) is 0 Å². The van der Waals surface area contributed by atoms with Gasteiger partial charge >= 0.3 is 6.01 Å². The highest BCUT2D eigenvalue weighted by Gasteiger charge is 2.60. The summed E-state index contributed by atoms with van der Waals surface area (Å²) in [5.41, 5.74) is 2.14. The fourth-order valence-corrected chi connectivity index (χ4v) is 3.72. The van der Waals surface area contributed by atoms with Crippen LogP contribution in [0.3, 0.4) is 0 Å². The number of methoxy groups -OCH3 is 1. The minimum absolute atomic E-state index is 0.00300. The predicted octanol–water partition coefficient (Wildman–Crippen LogP) is 4.82. The number of anilines is 1. The van der Waals surface area contributed by atoms with E-state index in [2.05, 4.69) is 15.4 Å². The molecule has 0 unspecified atom stereocenters. The Morgan fingerprint density at radius 2 is 2.06 bits per heavy atom. The molecule has 4 aromatic rings. The van der Waals surface area contributed by atoms with E-state index < -0.39 is 17.0 Å². The topological polar surface area (TPSA) is 91.4 Å². The highest BCUT2D eigenvalue weighted by molar-refractivity contribution is 6.39. The highest BCUT2D eigenvalue weighted by Crippen LogP contribution is 2.46.